The number of carbonyl (C=O) groups is 7. The van der Waals surface area contributed by atoms with Crippen molar-refractivity contribution in [2.45, 2.75) is 130 Å². The van der Waals surface area contributed by atoms with Gasteiger partial charge in [0, 0.05) is 111 Å². The molecule has 3 fully saturated rings. The van der Waals surface area contributed by atoms with Crippen LogP contribution in [0.5, 0.6) is 11.5 Å². The third-order valence-electron chi connectivity index (χ3n) is 17.9. The van der Waals surface area contributed by atoms with Crippen LogP contribution in [0.15, 0.2) is 84.6 Å². The summed E-state index contributed by atoms with van der Waals surface area (Å²) in [5.74, 6) is -3.37. The van der Waals surface area contributed by atoms with Crippen LogP contribution >= 0.6 is 11.3 Å². The van der Waals surface area contributed by atoms with E-state index in [9.17, 15) is 54.1 Å². The van der Waals surface area contributed by atoms with Crippen LogP contribution in [-0.2, 0) is 57.7 Å². The number of hydrogen-bond donors (Lipinski definition) is 8. The van der Waals surface area contributed by atoms with Gasteiger partial charge in [-0.25, -0.2) is 24.4 Å². The summed E-state index contributed by atoms with van der Waals surface area (Å²) in [6, 6.07) is 21.2. The molecule has 3 aromatic carbocycles. The van der Waals surface area contributed by atoms with Crippen LogP contribution in [0.2, 0.25) is 0 Å². The third-order valence-corrected chi connectivity index (χ3v) is 18.8. The van der Waals surface area contributed by atoms with Crippen LogP contribution in [0, 0.1) is 33.0 Å². The molecule has 5 amide bonds. The number of allylic oxidation sites excluding steroid dienone is 2. The van der Waals surface area contributed by atoms with Gasteiger partial charge in [-0.15, -0.1) is 0 Å². The number of carbonyl (C=O) groups excluding carboxylic acids is 5. The summed E-state index contributed by atoms with van der Waals surface area (Å²) in [7, 11) is 0. The standard InChI is InChI=1S/C69H80N10O16S/c1-41(49(32-71)47-14-15-55(76-60(47)63(87)88)78-22-18-46-42(31-70)11-13-48(50(46)33-78)61(84)77-64-75-51-8-6-7-9-54(51)96-64)74-40-68(5)37-67(4)35-66(2,3)36-69(38-67,39-68)93-25-21-73-65(89)92-34-43-10-12-45(94-59-29-44(80)28-53(95-59)62(85)86)30-52(43)91-27-26-90-24-20-72-56(81)19-23-79-57(82)16-17-58(79)83/h6-17,30,32,44,53,59,71,74,80H,18-29,33-40H2,1-5H3,(H,72,81)(H,73,89)(H,85,86)(H,87,88)(H,75,77,84)/b49-41+,71-32?. The first-order chi connectivity index (χ1) is 45.8. The first-order valence-electron chi connectivity index (χ1n) is 31.9. The smallest absolute Gasteiger partial charge is 0.407 e. The molecule has 0 spiro atoms. The molecule has 1 saturated heterocycles. The van der Waals surface area contributed by atoms with Crippen molar-refractivity contribution in [3.63, 3.8) is 0 Å². The van der Waals surface area contributed by atoms with Gasteiger partial charge in [0.2, 0.25) is 12.2 Å². The van der Waals surface area contributed by atoms with Crippen LogP contribution in [0.4, 0.5) is 15.7 Å². The van der Waals surface area contributed by atoms with Gasteiger partial charge in [-0.2, -0.15) is 5.26 Å². The largest absolute Gasteiger partial charge is 0.491 e. The van der Waals surface area contributed by atoms with Crippen molar-refractivity contribution < 1.29 is 77.3 Å². The number of hydrogen-bond acceptors (Lipinski definition) is 21. The van der Waals surface area contributed by atoms with Gasteiger partial charge in [0.25, 0.3) is 17.7 Å². The molecule has 3 aliphatic heterocycles. The summed E-state index contributed by atoms with van der Waals surface area (Å²) in [4.78, 5) is 100. The van der Waals surface area contributed by atoms with Gasteiger partial charge in [-0.3, -0.25) is 29.4 Å². The van der Waals surface area contributed by atoms with Gasteiger partial charge < -0.3 is 70.0 Å². The van der Waals surface area contributed by atoms with Crippen molar-refractivity contribution >= 4 is 86.0 Å². The zero-order valence-electron chi connectivity index (χ0n) is 54.3. The van der Waals surface area contributed by atoms with Crippen molar-refractivity contribution in [2.24, 2.45) is 16.2 Å². The number of rotatable bonds is 28. The van der Waals surface area contributed by atoms with Crippen molar-refractivity contribution in [1.29, 1.82) is 10.7 Å². The summed E-state index contributed by atoms with van der Waals surface area (Å²) in [6.45, 7) is 12.3. The number of imide groups is 1. The van der Waals surface area contributed by atoms with Crippen LogP contribution in [0.25, 0.3) is 15.8 Å². The first-order valence-corrected chi connectivity index (χ1v) is 32.7. The predicted molar refractivity (Wildman–Crippen MR) is 352 cm³/mol. The summed E-state index contributed by atoms with van der Waals surface area (Å²) >= 11 is 1.35. The average Bonchev–Trinajstić information content (AvgIpc) is 0.908. The number of fused-ring (bicyclic) bond motifs is 4. The molecule has 96 heavy (non-hydrogen) atoms. The second kappa shape index (κ2) is 29.8. The first kappa shape index (κ1) is 69.5. The Kier molecular flexibility index (Phi) is 21.5. The minimum atomic E-state index is -1.28. The number of para-hydroxylation sites is 1. The maximum Gasteiger partial charge on any atom is 0.407 e. The minimum Gasteiger partial charge on any atom is -0.491 e. The zero-order valence-corrected chi connectivity index (χ0v) is 55.1. The lowest BCUT2D eigenvalue weighted by atomic mass is 9.48. The number of amides is 5. The van der Waals surface area contributed by atoms with E-state index < -0.39 is 53.9 Å². The summed E-state index contributed by atoms with van der Waals surface area (Å²) < 4.78 is 36.8. The normalized spacial score (nSPS) is 22.9. The Bertz CT molecular complexity index is 3890. The number of nitrogens with zero attached hydrogens (tertiary/aromatic N) is 5. The van der Waals surface area contributed by atoms with Crippen LogP contribution in [-0.4, -0.2) is 161 Å². The molecule has 2 aromatic heterocycles. The molecule has 0 radical (unpaired) electrons. The van der Waals surface area contributed by atoms with Crippen molar-refractivity contribution in [3.05, 3.63) is 124 Å². The molecule has 5 aromatic rings. The highest BCUT2D eigenvalue weighted by molar-refractivity contribution is 7.22. The number of alkyl carbamates (subject to hydrolysis) is 1. The Balaban J connectivity index is 0.745. The number of anilines is 2. The van der Waals surface area contributed by atoms with Crippen molar-refractivity contribution in [3.8, 4) is 17.6 Å². The Hall–Kier alpha value is -9.33. The molecular weight excluding hydrogens is 1260 g/mol. The number of aliphatic hydroxyl groups excluding tert-OH is 1. The molecule has 5 aliphatic rings. The molecule has 508 valence electrons. The fourth-order valence-corrected chi connectivity index (χ4v) is 15.6. The number of aliphatic carboxylic acids is 1. The molecule has 6 unspecified atom stereocenters. The van der Waals surface area contributed by atoms with Gasteiger partial charge >= 0.3 is 18.0 Å². The van der Waals surface area contributed by atoms with E-state index in [1.54, 1.807) is 36.4 Å². The number of pyridine rings is 1. The summed E-state index contributed by atoms with van der Waals surface area (Å²) in [5, 5.41) is 61.7. The molecule has 6 atom stereocenters. The van der Waals surface area contributed by atoms with Gasteiger partial charge in [0.05, 0.1) is 53.4 Å². The van der Waals surface area contributed by atoms with E-state index >= 15 is 0 Å². The molecule has 26 nitrogen and oxygen atoms in total. The summed E-state index contributed by atoms with van der Waals surface area (Å²) in [5.41, 5.74) is 3.27. The Morgan fingerprint density at radius 3 is 2.39 bits per heavy atom. The molecule has 5 heterocycles. The SMILES string of the molecule is C/C(NCC1(C)CC2(C)CC(C)(C)CC(OCCNC(=O)OCc3ccc(OC4CC(O)CC(C(=O)O)O4)cc3OCCOCCNC(=O)CCN3C(=O)C=CC3=O)(C1)C2)=C(/C=N)c1ccc(N2CCc3c(C#N)ccc(C(=O)Nc4nc5ccccc5s4)c3C2)nc1C(=O)O. The number of aliphatic hydroxyl groups is 1. The van der Waals surface area contributed by atoms with Crippen LogP contribution < -0.4 is 35.6 Å². The highest BCUT2D eigenvalue weighted by Gasteiger charge is 2.58. The Morgan fingerprint density at radius 1 is 0.865 bits per heavy atom. The molecular formula is C69H80N10O16S. The highest BCUT2D eigenvalue weighted by Crippen LogP contribution is 2.63. The quantitative estimate of drug-likeness (QED) is 0.0134. The Labute approximate surface area is 558 Å². The molecule has 8 N–H and O–H groups in total. The molecule has 2 aliphatic carbocycles. The number of nitriles is 1. The zero-order chi connectivity index (χ0) is 68.5. The molecule has 27 heteroatoms. The molecule has 2 saturated carbocycles. The monoisotopic (exact) mass is 1340 g/mol. The lowest BCUT2D eigenvalue weighted by Gasteiger charge is -2.61. The number of aromatic carboxylic acids is 1. The maximum atomic E-state index is 13.9. The maximum absolute atomic E-state index is 13.9. The second-order valence-corrected chi connectivity index (χ2v) is 27.6. The number of ether oxygens (including phenoxy) is 6. The molecule has 10 rings (SSSR count). The fraction of sp³-hybridized carbons (Fsp3) is 0.464. The van der Waals surface area contributed by atoms with Gasteiger partial charge in [0.15, 0.2) is 16.9 Å². The predicted octanol–water partition coefficient (Wildman–Crippen LogP) is 7.90. The van der Waals surface area contributed by atoms with E-state index in [-0.39, 0.29) is 129 Å². The third kappa shape index (κ3) is 17.0. The highest BCUT2D eigenvalue weighted by atomic mass is 32.1. The van der Waals surface area contributed by atoms with Crippen LogP contribution in [0.3, 0.4) is 0 Å². The number of carboxylic acid groups (broad SMARTS) is 2. The van der Waals surface area contributed by atoms with E-state index in [4.69, 9.17) is 33.8 Å². The van der Waals surface area contributed by atoms with E-state index in [0.717, 1.165) is 64.7 Å². The van der Waals surface area contributed by atoms with Gasteiger partial charge in [0.1, 0.15) is 30.5 Å². The van der Waals surface area contributed by atoms with Gasteiger partial charge in [-0.1, -0.05) is 51.2 Å². The number of benzene rings is 3. The van der Waals surface area contributed by atoms with E-state index in [1.807, 2.05) is 36.1 Å². The topological polar surface area (TPSA) is 364 Å². The van der Waals surface area contributed by atoms with E-state index in [2.05, 4.69) is 65.0 Å². The number of thiazole rings is 1. The summed E-state index contributed by atoms with van der Waals surface area (Å²) in [6.07, 6.45) is 3.70. The average molecular weight is 1340 g/mol. The molecule has 2 bridgehead atoms. The van der Waals surface area contributed by atoms with Crippen molar-refractivity contribution in [2.75, 3.05) is 69.4 Å². The number of aromatic nitrogens is 2. The van der Waals surface area contributed by atoms with E-state index in [0.29, 0.717) is 70.4 Å². The lowest BCUT2D eigenvalue weighted by Crippen LogP contribution is -2.58. The van der Waals surface area contributed by atoms with E-state index in [1.165, 1.54) is 17.4 Å². The number of nitrogens with one attached hydrogen (secondary N) is 5. The fourth-order valence-electron chi connectivity index (χ4n) is 14.8. The minimum absolute atomic E-state index is 0.0123. The van der Waals surface area contributed by atoms with Crippen molar-refractivity contribution in [1.82, 2.24) is 30.8 Å². The lowest BCUT2D eigenvalue weighted by molar-refractivity contribution is -0.195. The second-order valence-electron chi connectivity index (χ2n) is 26.6. The number of carboxylic acids is 2. The van der Waals surface area contributed by atoms with Crippen LogP contribution in [0.1, 0.15) is 135 Å². The van der Waals surface area contributed by atoms with Gasteiger partial charge in [-0.05, 0) is 121 Å². The Morgan fingerprint density at radius 2 is 1.64 bits per heavy atom.